The Bertz CT molecular complexity index is 457. The number of hydrogen-bond acceptors (Lipinski definition) is 3. The van der Waals surface area contributed by atoms with Crippen molar-refractivity contribution in [2.75, 3.05) is 24.3 Å². The van der Waals surface area contributed by atoms with Crippen LogP contribution in [-0.4, -0.2) is 31.3 Å². The molecule has 0 spiro atoms. The van der Waals surface area contributed by atoms with Crippen LogP contribution >= 0.6 is 0 Å². The molecule has 1 heterocycles. The topological polar surface area (TPSA) is 62.4 Å². The zero-order chi connectivity index (χ0) is 14.6. The third-order valence-electron chi connectivity index (χ3n) is 3.44. The Morgan fingerprint density at radius 3 is 2.50 bits per heavy atom. The number of carbonyl (C=O) groups excluding carboxylic acids is 1. The van der Waals surface area contributed by atoms with E-state index in [4.69, 9.17) is 4.74 Å². The summed E-state index contributed by atoms with van der Waals surface area (Å²) in [6, 6.07) is 7.96. The van der Waals surface area contributed by atoms with Gasteiger partial charge in [0.05, 0.1) is 5.60 Å². The molecule has 1 aromatic carbocycles. The minimum Gasteiger partial charge on any atom is -0.382 e. The van der Waals surface area contributed by atoms with Crippen LogP contribution in [0.5, 0.6) is 0 Å². The molecule has 1 aromatic rings. The van der Waals surface area contributed by atoms with Gasteiger partial charge >= 0.3 is 6.03 Å². The summed E-state index contributed by atoms with van der Waals surface area (Å²) >= 11 is 0. The molecule has 1 fully saturated rings. The second-order valence-corrected chi connectivity index (χ2v) is 5.72. The van der Waals surface area contributed by atoms with E-state index in [1.165, 1.54) is 0 Å². The van der Waals surface area contributed by atoms with Crippen LogP contribution in [0.2, 0.25) is 0 Å². The monoisotopic (exact) mass is 277 g/mol. The van der Waals surface area contributed by atoms with Gasteiger partial charge in [0.1, 0.15) is 0 Å². The predicted molar refractivity (Wildman–Crippen MR) is 81.2 cm³/mol. The molecule has 5 heteroatoms. The molecule has 110 valence electrons. The van der Waals surface area contributed by atoms with E-state index >= 15 is 0 Å². The Morgan fingerprint density at radius 1 is 1.25 bits per heavy atom. The Morgan fingerprint density at radius 2 is 1.90 bits per heavy atom. The van der Waals surface area contributed by atoms with E-state index in [9.17, 15) is 4.79 Å². The fourth-order valence-electron chi connectivity index (χ4n) is 2.43. The van der Waals surface area contributed by atoms with Gasteiger partial charge in [-0.05, 0) is 51.0 Å². The second kappa shape index (κ2) is 6.13. The van der Waals surface area contributed by atoms with Crippen LogP contribution in [-0.2, 0) is 4.74 Å². The minimum atomic E-state index is -0.211. The molecule has 0 aromatic heterocycles. The number of urea groups is 1. The Labute approximate surface area is 120 Å². The molecule has 1 atom stereocenters. The lowest BCUT2D eigenvalue weighted by atomic mass is 9.94. The van der Waals surface area contributed by atoms with E-state index in [1.54, 1.807) is 7.05 Å². The lowest BCUT2D eigenvalue weighted by Crippen LogP contribution is -2.40. The number of carbonyl (C=O) groups is 1. The number of amides is 2. The number of nitrogens with one attached hydrogen (secondary N) is 3. The summed E-state index contributed by atoms with van der Waals surface area (Å²) in [6.45, 7) is 5.04. The third kappa shape index (κ3) is 4.13. The van der Waals surface area contributed by atoms with Crippen LogP contribution in [0, 0.1) is 0 Å². The molecule has 2 rings (SSSR count). The summed E-state index contributed by atoms with van der Waals surface area (Å²) in [5.74, 6) is 0. The molecule has 20 heavy (non-hydrogen) atoms. The minimum absolute atomic E-state index is 0.0589. The van der Waals surface area contributed by atoms with Crippen molar-refractivity contribution in [3.8, 4) is 0 Å². The molecule has 1 saturated heterocycles. The Hall–Kier alpha value is -1.75. The first-order valence-electron chi connectivity index (χ1n) is 6.98. The van der Waals surface area contributed by atoms with Gasteiger partial charge in [-0.25, -0.2) is 4.79 Å². The highest BCUT2D eigenvalue weighted by molar-refractivity contribution is 5.89. The van der Waals surface area contributed by atoms with Gasteiger partial charge in [0.15, 0.2) is 0 Å². The summed E-state index contributed by atoms with van der Waals surface area (Å²) in [6.07, 6.45) is 2.01. The first-order valence-corrected chi connectivity index (χ1v) is 6.98. The number of ether oxygens (including phenoxy) is 1. The first kappa shape index (κ1) is 14.7. The zero-order valence-electron chi connectivity index (χ0n) is 12.3. The van der Waals surface area contributed by atoms with Crippen LogP contribution in [0.4, 0.5) is 16.2 Å². The highest BCUT2D eigenvalue weighted by Crippen LogP contribution is 2.26. The van der Waals surface area contributed by atoms with Gasteiger partial charge in [-0.1, -0.05) is 0 Å². The SMILES string of the molecule is CNC(=O)Nc1ccc(NC2CCOC(C)(C)C2)cc1. The van der Waals surface area contributed by atoms with Crippen LogP contribution in [0.1, 0.15) is 26.7 Å². The molecule has 2 amide bonds. The van der Waals surface area contributed by atoms with Crippen LogP contribution in [0.3, 0.4) is 0 Å². The smallest absolute Gasteiger partial charge is 0.318 e. The molecule has 0 saturated carbocycles. The standard InChI is InChI=1S/C15H23N3O2/c1-15(2)10-13(8-9-20-15)17-11-4-6-12(7-5-11)18-14(19)16-3/h4-7,13,17H,8-10H2,1-3H3,(H2,16,18,19). The first-order chi connectivity index (χ1) is 9.48. The molecule has 0 aliphatic carbocycles. The maximum absolute atomic E-state index is 11.2. The summed E-state index contributed by atoms with van der Waals surface area (Å²) in [4.78, 5) is 11.2. The third-order valence-corrected chi connectivity index (χ3v) is 3.44. The van der Waals surface area contributed by atoms with Crippen molar-refractivity contribution < 1.29 is 9.53 Å². The molecule has 1 aliphatic heterocycles. The Balaban J connectivity index is 1.92. The van der Waals surface area contributed by atoms with Gasteiger partial charge in [-0.3, -0.25) is 0 Å². The van der Waals surface area contributed by atoms with Gasteiger partial charge < -0.3 is 20.7 Å². The van der Waals surface area contributed by atoms with Gasteiger partial charge in [0.25, 0.3) is 0 Å². The van der Waals surface area contributed by atoms with Crippen LogP contribution in [0.25, 0.3) is 0 Å². The predicted octanol–water partition coefficient (Wildman–Crippen LogP) is 2.81. The quantitative estimate of drug-likeness (QED) is 0.796. The normalized spacial score (nSPS) is 21.1. The average molecular weight is 277 g/mol. The van der Waals surface area contributed by atoms with E-state index in [0.29, 0.717) is 6.04 Å². The van der Waals surface area contributed by atoms with E-state index in [2.05, 4.69) is 29.8 Å². The van der Waals surface area contributed by atoms with Crippen molar-refractivity contribution >= 4 is 17.4 Å². The van der Waals surface area contributed by atoms with Crippen molar-refractivity contribution in [3.05, 3.63) is 24.3 Å². The highest BCUT2D eigenvalue weighted by Gasteiger charge is 2.28. The van der Waals surface area contributed by atoms with Gasteiger partial charge in [-0.15, -0.1) is 0 Å². The van der Waals surface area contributed by atoms with Crippen molar-refractivity contribution in [1.82, 2.24) is 5.32 Å². The van der Waals surface area contributed by atoms with Crippen molar-refractivity contribution in [2.45, 2.75) is 38.3 Å². The second-order valence-electron chi connectivity index (χ2n) is 5.72. The molecule has 1 unspecified atom stereocenters. The lowest BCUT2D eigenvalue weighted by Gasteiger charge is -2.36. The molecule has 0 bridgehead atoms. The van der Waals surface area contributed by atoms with Crippen LogP contribution in [0.15, 0.2) is 24.3 Å². The number of anilines is 2. The van der Waals surface area contributed by atoms with Crippen LogP contribution < -0.4 is 16.0 Å². The molecule has 1 aliphatic rings. The fraction of sp³-hybridized carbons (Fsp3) is 0.533. The fourth-order valence-corrected chi connectivity index (χ4v) is 2.43. The summed E-state index contributed by atoms with van der Waals surface area (Å²) in [5, 5.41) is 8.78. The molecule has 3 N–H and O–H groups in total. The summed E-state index contributed by atoms with van der Waals surface area (Å²) in [7, 11) is 1.60. The number of hydrogen-bond donors (Lipinski definition) is 3. The van der Waals surface area contributed by atoms with E-state index in [-0.39, 0.29) is 11.6 Å². The maximum atomic E-state index is 11.2. The molecular weight excluding hydrogens is 254 g/mol. The van der Waals surface area contributed by atoms with Gasteiger partial charge in [-0.2, -0.15) is 0 Å². The highest BCUT2D eigenvalue weighted by atomic mass is 16.5. The zero-order valence-corrected chi connectivity index (χ0v) is 12.3. The van der Waals surface area contributed by atoms with Crippen molar-refractivity contribution in [2.24, 2.45) is 0 Å². The lowest BCUT2D eigenvalue weighted by molar-refractivity contribution is -0.0553. The largest absolute Gasteiger partial charge is 0.382 e. The average Bonchev–Trinajstić information content (AvgIpc) is 2.40. The van der Waals surface area contributed by atoms with E-state index in [0.717, 1.165) is 30.8 Å². The molecular formula is C15H23N3O2. The van der Waals surface area contributed by atoms with Crippen molar-refractivity contribution in [1.29, 1.82) is 0 Å². The maximum Gasteiger partial charge on any atom is 0.318 e. The number of benzene rings is 1. The Kier molecular flexibility index (Phi) is 4.49. The van der Waals surface area contributed by atoms with E-state index < -0.39 is 0 Å². The number of rotatable bonds is 3. The van der Waals surface area contributed by atoms with E-state index in [1.807, 2.05) is 24.3 Å². The molecule has 5 nitrogen and oxygen atoms in total. The summed E-state index contributed by atoms with van der Waals surface area (Å²) < 4.78 is 5.71. The van der Waals surface area contributed by atoms with Gasteiger partial charge in [0, 0.05) is 31.1 Å². The van der Waals surface area contributed by atoms with Crippen molar-refractivity contribution in [3.63, 3.8) is 0 Å². The molecule has 0 radical (unpaired) electrons. The summed E-state index contributed by atoms with van der Waals surface area (Å²) in [5.41, 5.74) is 1.79. The van der Waals surface area contributed by atoms with Gasteiger partial charge in [0.2, 0.25) is 0 Å².